The summed E-state index contributed by atoms with van der Waals surface area (Å²) in [6, 6.07) is 78.1. The Morgan fingerprint density at radius 2 is 0.583 bits per heavy atom. The number of benzene rings is 10. The first-order valence-corrected chi connectivity index (χ1v) is 54.3. The van der Waals surface area contributed by atoms with Gasteiger partial charge in [-0.15, -0.1) is 0 Å². The molecule has 5 aromatic heterocycles. The number of piperidine rings is 5. The molecule has 27 heteroatoms. The van der Waals surface area contributed by atoms with Crippen LogP contribution in [-0.2, 0) is 32.7 Å². The van der Waals surface area contributed by atoms with Crippen molar-refractivity contribution in [1.29, 1.82) is 0 Å². The van der Waals surface area contributed by atoms with Gasteiger partial charge in [-0.05, 0) is 230 Å². The lowest BCUT2D eigenvalue weighted by Gasteiger charge is -2.34. The molecule has 21 nitrogen and oxygen atoms in total. The molecule has 0 radical (unpaired) electrons. The van der Waals surface area contributed by atoms with Crippen molar-refractivity contribution in [2.45, 2.75) is 196 Å². The van der Waals surface area contributed by atoms with Crippen LogP contribution in [0.25, 0.3) is 55.2 Å². The third-order valence-corrected chi connectivity index (χ3v) is 33.1. The molecule has 10 aliphatic heterocycles. The fraction of sp³-hybridized carbons (Fsp3) is 0.444. The molecule has 0 unspecified atom stereocenters. The van der Waals surface area contributed by atoms with E-state index >= 15 is 0 Å². The van der Waals surface area contributed by atoms with E-state index in [4.69, 9.17) is 64.5 Å². The van der Waals surface area contributed by atoms with Crippen LogP contribution >= 0.6 is 34.8 Å². The second-order valence-corrected chi connectivity index (χ2v) is 42.9. The van der Waals surface area contributed by atoms with Crippen molar-refractivity contribution >= 4 is 90.0 Å². The quantitative estimate of drug-likeness (QED) is 0.0459. The van der Waals surface area contributed by atoms with E-state index in [-0.39, 0.29) is 17.8 Å². The van der Waals surface area contributed by atoms with Gasteiger partial charge in [-0.2, -0.15) is 0 Å². The number of hydrogen-bond acceptors (Lipinski definition) is 16. The van der Waals surface area contributed by atoms with Crippen molar-refractivity contribution < 1.29 is 17.9 Å². The van der Waals surface area contributed by atoms with E-state index in [1.165, 1.54) is 93.3 Å². The number of nitrogens with one attached hydrogen (secondary N) is 5. The lowest BCUT2D eigenvalue weighted by molar-refractivity contribution is 0.179. The average Bonchev–Trinajstić information content (AvgIpc) is 1.58. The Balaban J connectivity index is 0.000000106. The van der Waals surface area contributed by atoms with Gasteiger partial charge in [0.05, 0.1) is 71.8 Å². The van der Waals surface area contributed by atoms with Gasteiger partial charge in [-0.1, -0.05) is 193 Å². The molecule has 10 fully saturated rings. The lowest BCUT2D eigenvalue weighted by Crippen LogP contribution is -2.35. The molecule has 15 heterocycles. The molecule has 5 atom stereocenters. The van der Waals surface area contributed by atoms with Gasteiger partial charge in [0, 0.05) is 197 Å². The van der Waals surface area contributed by atoms with Crippen LogP contribution in [-0.4, -0.2) is 210 Å². The molecule has 10 aromatic carbocycles. The Hall–Kier alpha value is -10.4. The van der Waals surface area contributed by atoms with Crippen molar-refractivity contribution in [3.63, 3.8) is 0 Å². The number of hydrogen-bond donors (Lipinski definition) is 5. The largest absolute Gasteiger partial charge is 0.495 e. The fourth-order valence-electron chi connectivity index (χ4n) is 24.4. The van der Waals surface area contributed by atoms with E-state index in [0.29, 0.717) is 79.7 Å². The summed E-state index contributed by atoms with van der Waals surface area (Å²) in [6.45, 7) is 28.1. The van der Waals surface area contributed by atoms with Crippen molar-refractivity contribution in [3.8, 4) is 5.75 Å². The smallest absolute Gasteiger partial charge is 0.184 e. The Morgan fingerprint density at radius 1 is 0.292 bits per heavy atom. The van der Waals surface area contributed by atoms with Crippen LogP contribution in [0.15, 0.2) is 224 Å². The van der Waals surface area contributed by atoms with Crippen molar-refractivity contribution in [3.05, 3.63) is 319 Å². The highest BCUT2D eigenvalue weighted by Crippen LogP contribution is 2.44. The van der Waals surface area contributed by atoms with Gasteiger partial charge < -0.3 is 54.2 Å². The standard InChI is InChI=1S/C24H29ClN4O.C24H30N4.C23H26Cl2N4.C23H26F2N4.C23H27FN4/c1-30-23-14-21-22(13-20(23)25)29(24(27-21)18-7-10-26-15-18)19-8-11-28(12-9-19)16-17-5-3-2-4-6-17;1-18-7-8-23-22(15-18)26-24(20-9-12-25-16-20)28(23)21-10-13-27(14-11-21)17-19-5-3-2-4-6-19;24-19-12-21-22(13-20(19)25)29(23(27-21)17-6-9-26-14-17)18-7-10-28(11-8-18)15-16-4-2-1-3-5-16;24-19-6-7-20-22(21(19)25)29(23(27-20)17-8-11-26-14-17)18-9-12-28(13-10-18)15-16-4-2-1-3-5-16;24-19-6-7-21-22(14-19)28(23(26-21)18-8-11-25-15-18)20-9-12-27(13-10-20)16-17-4-2-1-3-5-17/h2-6,13-14,18-19,26H,7-12,15-16H2,1H3;2-8,15,20-21,25H,9-14,16-17H2,1H3;1-5,12-13,17-18,26H,6-11,14-15H2;1-7,17-18,26H,8-15H2;1-7,14,18,20,25H,8-13,15-16H2/t18-;20-;2*17-;18-/m11111/s1. The molecular formula is C117H138Cl3F3N20O. The summed E-state index contributed by atoms with van der Waals surface area (Å²) >= 11 is 19.2. The highest BCUT2D eigenvalue weighted by Gasteiger charge is 2.38. The molecule has 15 aromatic rings. The normalized spacial score (nSPS) is 21.3. The zero-order valence-corrected chi connectivity index (χ0v) is 85.6. The number of ether oxygens (including phenoxy) is 1. The van der Waals surface area contributed by atoms with Gasteiger partial charge in [0.2, 0.25) is 0 Å². The molecule has 754 valence electrons. The van der Waals surface area contributed by atoms with Crippen molar-refractivity contribution in [1.82, 2.24) is 98.8 Å². The van der Waals surface area contributed by atoms with E-state index < -0.39 is 11.6 Å². The molecule has 10 saturated heterocycles. The first-order chi connectivity index (χ1) is 70.7. The summed E-state index contributed by atoms with van der Waals surface area (Å²) in [6.07, 6.45) is 16.5. The molecular weight excluding hydrogens is 1860 g/mol. The SMILES string of the molecule is COc1cc2nc([C@@H]3CCNC3)n(C3CCN(Cc4ccccc4)CC3)c2cc1Cl.Cc1ccc2c(c1)nc([C@@H]1CCNC1)n2C1CCN(Cc2ccccc2)CC1.Clc1cc2nc([C@@H]3CCNC3)n(C3CCN(Cc4ccccc4)CC3)c2cc1Cl.Fc1ccc2nc([C@@H]3CCNC3)n(C3CCN(Cc4ccccc4)CC3)c2c1.Fc1ccc2nc([C@@H]3CCNC3)n(C3CCN(Cc4ccccc4)CC3)c2c1F. The number of rotatable bonds is 21. The maximum Gasteiger partial charge on any atom is 0.184 e. The Labute approximate surface area is 860 Å². The molecule has 0 amide bonds. The average molecular weight is 2000 g/mol. The summed E-state index contributed by atoms with van der Waals surface area (Å²) in [5, 5.41) is 19.2. The Morgan fingerprint density at radius 3 is 0.931 bits per heavy atom. The Bertz CT molecular complexity index is 6720. The Kier molecular flexibility index (Phi) is 32.3. The monoisotopic (exact) mass is 2000 g/mol. The van der Waals surface area contributed by atoms with Crippen LogP contribution in [0.2, 0.25) is 15.1 Å². The van der Waals surface area contributed by atoms with Gasteiger partial charge in [-0.25, -0.2) is 38.1 Å². The number of halogens is 6. The van der Waals surface area contributed by atoms with Gasteiger partial charge in [0.1, 0.15) is 46.2 Å². The second kappa shape index (κ2) is 46.8. The number of nitrogens with zero attached hydrogens (tertiary/aromatic N) is 15. The molecule has 25 rings (SSSR count). The minimum atomic E-state index is -0.795. The van der Waals surface area contributed by atoms with E-state index in [9.17, 15) is 13.2 Å². The predicted octanol–water partition coefficient (Wildman–Crippen LogP) is 22.4. The van der Waals surface area contributed by atoms with Crippen LogP contribution in [0.5, 0.6) is 5.75 Å². The van der Waals surface area contributed by atoms with Crippen LogP contribution < -0.4 is 31.3 Å². The third-order valence-electron chi connectivity index (χ3n) is 32.1. The van der Waals surface area contributed by atoms with E-state index in [1.54, 1.807) is 19.2 Å². The van der Waals surface area contributed by atoms with Crippen molar-refractivity contribution in [2.24, 2.45) is 0 Å². The maximum absolute atomic E-state index is 14.8. The number of imidazole rings is 5. The van der Waals surface area contributed by atoms with E-state index in [0.717, 1.165) is 285 Å². The van der Waals surface area contributed by atoms with Crippen LogP contribution in [0.4, 0.5) is 13.2 Å². The number of fused-ring (bicyclic) bond motifs is 5. The summed E-state index contributed by atoms with van der Waals surface area (Å²) < 4.78 is 60.3. The lowest BCUT2D eigenvalue weighted by atomic mass is 10.0. The highest BCUT2D eigenvalue weighted by molar-refractivity contribution is 6.42. The van der Waals surface area contributed by atoms with Gasteiger partial charge >= 0.3 is 0 Å². The van der Waals surface area contributed by atoms with Crippen LogP contribution in [0.1, 0.15) is 219 Å². The molecule has 0 spiro atoms. The van der Waals surface area contributed by atoms with Gasteiger partial charge in [-0.3, -0.25) is 24.5 Å². The molecule has 5 N–H and O–H groups in total. The van der Waals surface area contributed by atoms with E-state index in [2.05, 4.69) is 240 Å². The minimum absolute atomic E-state index is 0.152. The fourth-order valence-corrected chi connectivity index (χ4v) is 25.0. The summed E-state index contributed by atoms with van der Waals surface area (Å²) in [5.41, 5.74) is 17.7. The first kappa shape index (κ1) is 99.6. The molecule has 0 bridgehead atoms. The number of methoxy groups -OCH3 is 1. The summed E-state index contributed by atoms with van der Waals surface area (Å²) in [5.74, 6) is 6.90. The molecule has 0 aliphatic carbocycles. The predicted molar refractivity (Wildman–Crippen MR) is 576 cm³/mol. The zero-order chi connectivity index (χ0) is 97.9. The zero-order valence-electron chi connectivity index (χ0n) is 83.3. The van der Waals surface area contributed by atoms with Crippen LogP contribution in [0.3, 0.4) is 0 Å². The first-order valence-electron chi connectivity index (χ1n) is 53.2. The third kappa shape index (κ3) is 23.1. The number of likely N-dealkylation sites (tertiary alicyclic amines) is 5. The highest BCUT2D eigenvalue weighted by atomic mass is 35.5. The van der Waals surface area contributed by atoms with Gasteiger partial charge in [0.25, 0.3) is 0 Å². The molecule has 144 heavy (non-hydrogen) atoms. The van der Waals surface area contributed by atoms with Crippen LogP contribution in [0, 0.1) is 24.4 Å². The molecule has 10 aliphatic rings. The maximum atomic E-state index is 14.8. The van der Waals surface area contributed by atoms with E-state index in [1.807, 2.05) is 41.0 Å². The topological polar surface area (TPSA) is 175 Å². The summed E-state index contributed by atoms with van der Waals surface area (Å²) in [7, 11) is 1.66. The molecule has 0 saturated carbocycles. The summed E-state index contributed by atoms with van der Waals surface area (Å²) in [4.78, 5) is 37.6. The number of aromatic nitrogens is 10. The second-order valence-electron chi connectivity index (χ2n) is 41.7. The minimum Gasteiger partial charge on any atom is -0.495 e. The van der Waals surface area contributed by atoms with Crippen molar-refractivity contribution in [2.75, 3.05) is 138 Å². The van der Waals surface area contributed by atoms with Gasteiger partial charge in [0.15, 0.2) is 11.6 Å². The number of aryl methyl sites for hydroxylation is 1.